The van der Waals surface area contributed by atoms with Crippen LogP contribution in [0.4, 0.5) is 0 Å². The number of halogens is 1. The highest BCUT2D eigenvalue weighted by molar-refractivity contribution is 5.75. The molecule has 1 aromatic heterocycles. The summed E-state index contributed by atoms with van der Waals surface area (Å²) in [6, 6.07) is 6.06. The molecular formula is C14H23BrN2O. The zero-order valence-corrected chi connectivity index (χ0v) is 12.7. The Morgan fingerprint density at radius 3 is 2.50 bits per heavy atom. The van der Waals surface area contributed by atoms with Gasteiger partial charge in [-0.25, -0.2) is 4.57 Å². The first-order chi connectivity index (χ1) is 8.33. The third-order valence-electron chi connectivity index (χ3n) is 2.70. The van der Waals surface area contributed by atoms with Crippen LogP contribution in [0.1, 0.15) is 39.0 Å². The number of nitrogens with zero attached hydrogens (tertiary/aromatic N) is 1. The van der Waals surface area contributed by atoms with E-state index < -0.39 is 0 Å². The van der Waals surface area contributed by atoms with E-state index in [0.717, 1.165) is 38.8 Å². The average Bonchev–Trinajstić information content (AvgIpc) is 2.36. The summed E-state index contributed by atoms with van der Waals surface area (Å²) in [5.74, 6) is 0.191. The molecule has 102 valence electrons. The van der Waals surface area contributed by atoms with Gasteiger partial charge in [-0.15, -0.1) is 0 Å². The van der Waals surface area contributed by atoms with Gasteiger partial charge >= 0.3 is 0 Å². The van der Waals surface area contributed by atoms with Crippen molar-refractivity contribution in [3.8, 4) is 0 Å². The number of hydrogen-bond acceptors (Lipinski definition) is 1. The zero-order chi connectivity index (χ0) is 12.3. The maximum Gasteiger partial charge on any atom is 0.219 e. The summed E-state index contributed by atoms with van der Waals surface area (Å²) in [5, 5.41) is 2.94. The van der Waals surface area contributed by atoms with Crippen LogP contribution in [-0.4, -0.2) is 12.5 Å². The van der Waals surface area contributed by atoms with Gasteiger partial charge in [0, 0.05) is 31.5 Å². The van der Waals surface area contributed by atoms with E-state index in [1.165, 1.54) is 0 Å². The highest BCUT2D eigenvalue weighted by atomic mass is 79.9. The summed E-state index contributed by atoms with van der Waals surface area (Å²) < 4.78 is 2.15. The molecule has 1 heterocycles. The first-order valence-electron chi connectivity index (χ1n) is 6.53. The van der Waals surface area contributed by atoms with Crippen molar-refractivity contribution >= 4 is 5.91 Å². The number of amides is 1. The molecule has 4 heteroatoms. The lowest BCUT2D eigenvalue weighted by atomic mass is 10.2. The number of rotatable bonds is 8. The first-order valence-corrected chi connectivity index (χ1v) is 6.53. The molecule has 0 spiro atoms. The Balaban J connectivity index is 0.00000289. The summed E-state index contributed by atoms with van der Waals surface area (Å²) in [4.78, 5) is 11.4. The Kier molecular flexibility index (Phi) is 10.6. The molecule has 0 radical (unpaired) electrons. The molecule has 1 amide bonds. The minimum Gasteiger partial charge on any atom is -1.00 e. The highest BCUT2D eigenvalue weighted by Crippen LogP contribution is 1.95. The van der Waals surface area contributed by atoms with E-state index in [-0.39, 0.29) is 22.9 Å². The third-order valence-corrected chi connectivity index (χ3v) is 2.70. The number of carbonyl (C=O) groups is 1. The third kappa shape index (κ3) is 8.23. The molecule has 0 atom stereocenters. The van der Waals surface area contributed by atoms with E-state index in [1.54, 1.807) is 0 Å². The summed E-state index contributed by atoms with van der Waals surface area (Å²) in [7, 11) is 0. The molecule has 0 bridgehead atoms. The molecule has 0 aliphatic carbocycles. The van der Waals surface area contributed by atoms with Gasteiger partial charge in [0.2, 0.25) is 5.91 Å². The van der Waals surface area contributed by atoms with Gasteiger partial charge < -0.3 is 22.3 Å². The average molecular weight is 315 g/mol. The van der Waals surface area contributed by atoms with Crippen LogP contribution in [-0.2, 0) is 11.3 Å². The van der Waals surface area contributed by atoms with Gasteiger partial charge in [0.25, 0.3) is 0 Å². The number of carbonyl (C=O) groups excluding carboxylic acids is 1. The normalized spacial score (nSPS) is 9.61. The quantitative estimate of drug-likeness (QED) is 0.488. The van der Waals surface area contributed by atoms with Gasteiger partial charge in [0.1, 0.15) is 6.54 Å². The van der Waals surface area contributed by atoms with Crippen LogP contribution in [0.25, 0.3) is 0 Å². The number of aryl methyl sites for hydroxylation is 1. The lowest BCUT2D eigenvalue weighted by Gasteiger charge is -2.03. The second-order valence-corrected chi connectivity index (χ2v) is 4.27. The fourth-order valence-corrected chi connectivity index (χ4v) is 1.66. The van der Waals surface area contributed by atoms with E-state index in [0.29, 0.717) is 6.42 Å². The molecule has 0 saturated carbocycles. The highest BCUT2D eigenvalue weighted by Gasteiger charge is 2.02. The zero-order valence-electron chi connectivity index (χ0n) is 11.1. The maximum atomic E-state index is 11.4. The number of pyridine rings is 1. The molecule has 0 unspecified atom stereocenters. The minimum atomic E-state index is 0. The summed E-state index contributed by atoms with van der Waals surface area (Å²) in [6.07, 6.45) is 8.98. The van der Waals surface area contributed by atoms with Crippen molar-refractivity contribution in [2.75, 3.05) is 6.54 Å². The van der Waals surface area contributed by atoms with Gasteiger partial charge in [-0.05, 0) is 12.8 Å². The topological polar surface area (TPSA) is 33.0 Å². The SMILES string of the molecule is CCCCNC(=O)CCCC[n+]1ccccc1.[Br-]. The van der Waals surface area contributed by atoms with E-state index in [2.05, 4.69) is 29.2 Å². The number of hydrogen-bond donors (Lipinski definition) is 1. The Hall–Kier alpha value is -0.900. The maximum absolute atomic E-state index is 11.4. The molecule has 1 N–H and O–H groups in total. The van der Waals surface area contributed by atoms with E-state index >= 15 is 0 Å². The number of nitrogens with one attached hydrogen (secondary N) is 1. The number of unbranched alkanes of at least 4 members (excludes halogenated alkanes) is 2. The van der Waals surface area contributed by atoms with Crippen LogP contribution in [0.5, 0.6) is 0 Å². The molecule has 1 aromatic rings. The van der Waals surface area contributed by atoms with Crippen LogP contribution in [0.3, 0.4) is 0 Å². The van der Waals surface area contributed by atoms with Crippen LogP contribution in [0.2, 0.25) is 0 Å². The van der Waals surface area contributed by atoms with Crippen molar-refractivity contribution in [2.45, 2.75) is 45.6 Å². The van der Waals surface area contributed by atoms with E-state index in [1.807, 2.05) is 18.2 Å². The Morgan fingerprint density at radius 1 is 1.11 bits per heavy atom. The number of aromatic nitrogens is 1. The van der Waals surface area contributed by atoms with Crippen LogP contribution in [0, 0.1) is 0 Å². The minimum absolute atomic E-state index is 0. The summed E-state index contributed by atoms with van der Waals surface area (Å²) in [6.45, 7) is 3.94. The summed E-state index contributed by atoms with van der Waals surface area (Å²) in [5.41, 5.74) is 0. The Labute approximate surface area is 120 Å². The Bertz CT molecular complexity index is 317. The van der Waals surface area contributed by atoms with Crippen molar-refractivity contribution < 1.29 is 26.3 Å². The monoisotopic (exact) mass is 314 g/mol. The fourth-order valence-electron chi connectivity index (χ4n) is 1.66. The molecular weight excluding hydrogens is 292 g/mol. The van der Waals surface area contributed by atoms with Gasteiger partial charge in [-0.2, -0.15) is 0 Å². The van der Waals surface area contributed by atoms with Gasteiger partial charge in [-0.3, -0.25) is 4.79 Å². The van der Waals surface area contributed by atoms with Crippen molar-refractivity contribution in [2.24, 2.45) is 0 Å². The van der Waals surface area contributed by atoms with E-state index in [9.17, 15) is 4.79 Å². The molecule has 0 aliphatic rings. The van der Waals surface area contributed by atoms with Crippen LogP contribution < -0.4 is 26.9 Å². The smallest absolute Gasteiger partial charge is 0.219 e. The standard InChI is InChI=1S/C14H22N2O.BrH/c1-2-3-10-15-14(17)9-5-8-13-16-11-6-4-7-12-16;/h4,6-7,11-12H,2-3,5,8-10,13H2,1H3;1H. The van der Waals surface area contributed by atoms with Gasteiger partial charge in [0.15, 0.2) is 12.4 Å². The summed E-state index contributed by atoms with van der Waals surface area (Å²) >= 11 is 0. The van der Waals surface area contributed by atoms with Crippen molar-refractivity contribution in [1.82, 2.24) is 5.32 Å². The lowest BCUT2D eigenvalue weighted by molar-refractivity contribution is -0.697. The molecule has 0 saturated heterocycles. The van der Waals surface area contributed by atoms with Crippen molar-refractivity contribution in [3.63, 3.8) is 0 Å². The molecule has 0 aliphatic heterocycles. The lowest BCUT2D eigenvalue weighted by Crippen LogP contribution is -3.00. The fraction of sp³-hybridized carbons (Fsp3) is 0.571. The second-order valence-electron chi connectivity index (χ2n) is 4.27. The van der Waals surface area contributed by atoms with Gasteiger partial charge in [0.05, 0.1) is 0 Å². The van der Waals surface area contributed by atoms with Crippen molar-refractivity contribution in [1.29, 1.82) is 0 Å². The molecule has 0 aromatic carbocycles. The first kappa shape index (κ1) is 17.1. The Morgan fingerprint density at radius 2 is 1.83 bits per heavy atom. The van der Waals surface area contributed by atoms with Gasteiger partial charge in [-0.1, -0.05) is 19.4 Å². The molecule has 3 nitrogen and oxygen atoms in total. The second kappa shape index (κ2) is 11.2. The predicted molar refractivity (Wildman–Crippen MR) is 68.4 cm³/mol. The van der Waals surface area contributed by atoms with Crippen LogP contribution >= 0.6 is 0 Å². The largest absolute Gasteiger partial charge is 1.00 e. The predicted octanol–water partition coefficient (Wildman–Crippen LogP) is -0.935. The van der Waals surface area contributed by atoms with Crippen LogP contribution in [0.15, 0.2) is 30.6 Å². The molecule has 0 fully saturated rings. The van der Waals surface area contributed by atoms with Crippen molar-refractivity contribution in [3.05, 3.63) is 30.6 Å². The van der Waals surface area contributed by atoms with E-state index in [4.69, 9.17) is 0 Å². The molecule has 18 heavy (non-hydrogen) atoms. The molecule has 1 rings (SSSR count).